The number of ether oxygens (including phenoxy) is 1. The van der Waals surface area contributed by atoms with Gasteiger partial charge in [-0.15, -0.1) is 11.8 Å². The van der Waals surface area contributed by atoms with Crippen LogP contribution in [0.5, 0.6) is 5.75 Å². The minimum Gasteiger partial charge on any atom is -0.495 e. The number of likely N-dealkylation sites (N-methyl/N-ethyl adjacent to an activating group) is 1. The van der Waals surface area contributed by atoms with Crippen molar-refractivity contribution in [1.29, 1.82) is 0 Å². The van der Waals surface area contributed by atoms with Crippen LogP contribution in [-0.4, -0.2) is 45.6 Å². The molecule has 0 saturated heterocycles. The van der Waals surface area contributed by atoms with E-state index < -0.39 is 28.3 Å². The molecule has 2 rings (SSSR count). The van der Waals surface area contributed by atoms with Gasteiger partial charge < -0.3 is 10.1 Å². The first kappa shape index (κ1) is 22.2. The average molecular weight is 427 g/mol. The molecular weight excluding hydrogens is 403 g/mol. The number of methoxy groups -OCH3 is 1. The van der Waals surface area contributed by atoms with Crippen LogP contribution in [0.1, 0.15) is 18.5 Å². The number of rotatable bonds is 8. The monoisotopic (exact) mass is 426 g/mol. The number of benzene rings is 2. The molecule has 9 heteroatoms. The lowest BCUT2D eigenvalue weighted by atomic mass is 10.1. The number of halogens is 1. The Bertz CT molecular complexity index is 933. The molecule has 2 aromatic rings. The Morgan fingerprint density at radius 2 is 1.89 bits per heavy atom. The van der Waals surface area contributed by atoms with E-state index in [1.807, 2.05) is 37.4 Å². The molecule has 1 unspecified atom stereocenters. The maximum absolute atomic E-state index is 13.5. The Morgan fingerprint density at radius 1 is 1.25 bits per heavy atom. The SMILES string of the molecule is COc1ccc(F)cc1S(=O)(=O)N(C)CC(=O)NC(C)c1ccc(SC)cc1. The second-order valence-electron chi connectivity index (χ2n) is 6.12. The highest BCUT2D eigenvalue weighted by Gasteiger charge is 2.27. The Hall–Kier alpha value is -2.10. The van der Waals surface area contributed by atoms with Gasteiger partial charge in [-0.2, -0.15) is 4.31 Å². The van der Waals surface area contributed by atoms with Gasteiger partial charge >= 0.3 is 0 Å². The van der Waals surface area contributed by atoms with Crippen LogP contribution in [0.25, 0.3) is 0 Å². The van der Waals surface area contributed by atoms with Crippen molar-refractivity contribution >= 4 is 27.7 Å². The fourth-order valence-corrected chi connectivity index (χ4v) is 4.27. The van der Waals surface area contributed by atoms with Crippen molar-refractivity contribution in [2.24, 2.45) is 0 Å². The lowest BCUT2D eigenvalue weighted by molar-refractivity contribution is -0.121. The third-order valence-corrected chi connectivity index (χ3v) is 6.74. The number of hydrogen-bond donors (Lipinski definition) is 1. The fraction of sp³-hybridized carbons (Fsp3) is 0.316. The Morgan fingerprint density at radius 3 is 2.46 bits per heavy atom. The number of nitrogens with one attached hydrogen (secondary N) is 1. The molecule has 2 aromatic carbocycles. The van der Waals surface area contributed by atoms with E-state index >= 15 is 0 Å². The van der Waals surface area contributed by atoms with Crippen LogP contribution in [0.3, 0.4) is 0 Å². The first-order valence-corrected chi connectivity index (χ1v) is 11.1. The molecule has 152 valence electrons. The highest BCUT2D eigenvalue weighted by molar-refractivity contribution is 7.98. The van der Waals surface area contributed by atoms with Crippen molar-refractivity contribution in [3.05, 3.63) is 53.8 Å². The van der Waals surface area contributed by atoms with Gasteiger partial charge in [-0.1, -0.05) is 12.1 Å². The molecule has 1 amide bonds. The zero-order valence-electron chi connectivity index (χ0n) is 16.1. The summed E-state index contributed by atoms with van der Waals surface area (Å²) in [6, 6.07) is 10.7. The van der Waals surface area contributed by atoms with Gasteiger partial charge in [0.2, 0.25) is 15.9 Å². The largest absolute Gasteiger partial charge is 0.495 e. The molecule has 1 N–H and O–H groups in total. The summed E-state index contributed by atoms with van der Waals surface area (Å²) in [5.41, 5.74) is 0.906. The van der Waals surface area contributed by atoms with Crippen LogP contribution in [0, 0.1) is 5.82 Å². The summed E-state index contributed by atoms with van der Waals surface area (Å²) in [7, 11) is -1.55. The highest BCUT2D eigenvalue weighted by atomic mass is 32.2. The maximum atomic E-state index is 13.5. The lowest BCUT2D eigenvalue weighted by Crippen LogP contribution is -2.39. The standard InChI is InChI=1S/C19H23FN2O4S2/c1-13(14-5-8-16(27-4)9-6-14)21-19(23)12-22(2)28(24,25)18-11-15(20)7-10-17(18)26-3/h5-11,13H,12H2,1-4H3,(H,21,23). The van der Waals surface area contributed by atoms with Gasteiger partial charge in [0.25, 0.3) is 0 Å². The summed E-state index contributed by atoms with van der Waals surface area (Å²) >= 11 is 1.62. The molecule has 0 spiro atoms. The zero-order valence-corrected chi connectivity index (χ0v) is 17.7. The second-order valence-corrected chi connectivity index (χ2v) is 9.01. The summed E-state index contributed by atoms with van der Waals surface area (Å²) in [6.07, 6.45) is 1.98. The van der Waals surface area contributed by atoms with E-state index in [9.17, 15) is 17.6 Å². The molecule has 0 saturated carbocycles. The second kappa shape index (κ2) is 9.40. The van der Waals surface area contributed by atoms with Crippen LogP contribution >= 0.6 is 11.8 Å². The van der Waals surface area contributed by atoms with Crippen molar-refractivity contribution in [2.45, 2.75) is 22.8 Å². The molecule has 0 fully saturated rings. The van der Waals surface area contributed by atoms with E-state index in [0.717, 1.165) is 26.9 Å². The molecular formula is C19H23FN2O4S2. The zero-order chi connectivity index (χ0) is 20.9. The highest BCUT2D eigenvalue weighted by Crippen LogP contribution is 2.27. The molecule has 0 bridgehead atoms. The topological polar surface area (TPSA) is 75.7 Å². The summed E-state index contributed by atoms with van der Waals surface area (Å²) in [4.78, 5) is 13.1. The number of thioether (sulfide) groups is 1. The summed E-state index contributed by atoms with van der Waals surface area (Å²) in [5.74, 6) is -1.17. The number of nitrogens with zero attached hydrogens (tertiary/aromatic N) is 1. The Kier molecular flexibility index (Phi) is 7.45. The molecule has 28 heavy (non-hydrogen) atoms. The van der Waals surface area contributed by atoms with Crippen LogP contribution in [0.2, 0.25) is 0 Å². The van der Waals surface area contributed by atoms with Gasteiger partial charge in [-0.05, 0) is 49.1 Å². The van der Waals surface area contributed by atoms with Gasteiger partial charge in [0.15, 0.2) is 0 Å². The first-order chi connectivity index (χ1) is 13.2. The lowest BCUT2D eigenvalue weighted by Gasteiger charge is -2.20. The van der Waals surface area contributed by atoms with Crippen LogP contribution < -0.4 is 10.1 Å². The molecule has 0 aromatic heterocycles. The third-order valence-electron chi connectivity index (χ3n) is 4.17. The molecule has 6 nitrogen and oxygen atoms in total. The average Bonchev–Trinajstić information content (AvgIpc) is 2.67. The van der Waals surface area contributed by atoms with Crippen LogP contribution in [0.15, 0.2) is 52.3 Å². The minimum absolute atomic E-state index is 0.0101. The number of carbonyl (C=O) groups excluding carboxylic acids is 1. The molecule has 1 atom stereocenters. The van der Waals surface area contributed by atoms with Crippen LogP contribution in [0.4, 0.5) is 4.39 Å². The van der Waals surface area contributed by atoms with Crippen LogP contribution in [-0.2, 0) is 14.8 Å². The fourth-order valence-electron chi connectivity index (χ4n) is 2.57. The number of amides is 1. The van der Waals surface area contributed by atoms with Crippen molar-refractivity contribution in [1.82, 2.24) is 9.62 Å². The summed E-state index contributed by atoms with van der Waals surface area (Å²) < 4.78 is 44.9. The van der Waals surface area contributed by atoms with E-state index in [1.54, 1.807) is 11.8 Å². The van der Waals surface area contributed by atoms with Crippen molar-refractivity contribution in [3.8, 4) is 5.75 Å². The quantitative estimate of drug-likeness (QED) is 0.657. The Labute approximate surface area is 169 Å². The van der Waals surface area contributed by atoms with E-state index in [1.165, 1.54) is 20.2 Å². The number of carbonyl (C=O) groups is 1. The van der Waals surface area contributed by atoms with E-state index in [-0.39, 0.29) is 16.7 Å². The van der Waals surface area contributed by atoms with Gasteiger partial charge in [-0.3, -0.25) is 4.79 Å². The summed E-state index contributed by atoms with van der Waals surface area (Å²) in [5, 5.41) is 2.77. The Balaban J connectivity index is 2.09. The smallest absolute Gasteiger partial charge is 0.247 e. The number of sulfonamides is 1. The number of hydrogen-bond acceptors (Lipinski definition) is 5. The van der Waals surface area contributed by atoms with E-state index in [4.69, 9.17) is 4.74 Å². The van der Waals surface area contributed by atoms with Gasteiger partial charge in [0, 0.05) is 11.9 Å². The predicted molar refractivity (Wildman–Crippen MR) is 108 cm³/mol. The molecule has 0 aliphatic carbocycles. The van der Waals surface area contributed by atoms with Gasteiger partial charge in [0.1, 0.15) is 16.5 Å². The minimum atomic E-state index is -4.10. The van der Waals surface area contributed by atoms with Crippen molar-refractivity contribution in [2.75, 3.05) is 27.0 Å². The first-order valence-electron chi connectivity index (χ1n) is 8.42. The predicted octanol–water partition coefficient (Wildman–Crippen LogP) is 3.05. The molecule has 0 aliphatic heterocycles. The summed E-state index contributed by atoms with van der Waals surface area (Å²) in [6.45, 7) is 1.41. The normalized spacial score (nSPS) is 12.6. The van der Waals surface area contributed by atoms with Gasteiger partial charge in [-0.25, -0.2) is 12.8 Å². The van der Waals surface area contributed by atoms with Gasteiger partial charge in [0.05, 0.1) is 19.7 Å². The van der Waals surface area contributed by atoms with Crippen molar-refractivity contribution < 1.29 is 22.3 Å². The molecule has 0 aliphatic rings. The van der Waals surface area contributed by atoms with Crippen molar-refractivity contribution in [3.63, 3.8) is 0 Å². The van der Waals surface area contributed by atoms with E-state index in [2.05, 4.69) is 5.32 Å². The maximum Gasteiger partial charge on any atom is 0.247 e. The van der Waals surface area contributed by atoms with E-state index in [0.29, 0.717) is 0 Å². The molecule has 0 heterocycles. The third kappa shape index (κ3) is 5.24. The molecule has 0 radical (unpaired) electrons.